The molecule has 0 aromatic heterocycles. The second-order valence-corrected chi connectivity index (χ2v) is 29.3. The van der Waals surface area contributed by atoms with Gasteiger partial charge in [-0.15, -0.1) is 0 Å². The van der Waals surface area contributed by atoms with Gasteiger partial charge in [0.25, 0.3) is 0 Å². The first-order valence-electron chi connectivity index (χ1n) is 35.8. The minimum atomic E-state index is -4.95. The van der Waals surface area contributed by atoms with Gasteiger partial charge < -0.3 is 33.8 Å². The molecule has 0 spiro atoms. The Balaban J connectivity index is 5.24. The third-order valence-electron chi connectivity index (χ3n) is 16.5. The van der Waals surface area contributed by atoms with E-state index in [9.17, 15) is 43.2 Å². The summed E-state index contributed by atoms with van der Waals surface area (Å²) in [4.78, 5) is 72.5. The Morgan fingerprint density at radius 1 is 0.318 bits per heavy atom. The van der Waals surface area contributed by atoms with Gasteiger partial charge in [0, 0.05) is 25.7 Å². The molecule has 0 aliphatic heterocycles. The van der Waals surface area contributed by atoms with Crippen LogP contribution >= 0.6 is 15.6 Å². The Morgan fingerprint density at radius 3 is 0.807 bits per heavy atom. The summed E-state index contributed by atoms with van der Waals surface area (Å²) in [7, 11) is -9.90. The Bertz CT molecular complexity index is 1750. The lowest BCUT2D eigenvalue weighted by molar-refractivity contribution is -0.161. The molecule has 0 heterocycles. The van der Waals surface area contributed by atoms with Crippen molar-refractivity contribution in [2.24, 2.45) is 23.7 Å². The van der Waals surface area contributed by atoms with Crippen molar-refractivity contribution in [2.45, 2.75) is 356 Å². The predicted molar refractivity (Wildman–Crippen MR) is 354 cm³/mol. The lowest BCUT2D eigenvalue weighted by Crippen LogP contribution is -2.30. The molecular weight excluding hydrogens is 1160 g/mol. The van der Waals surface area contributed by atoms with Gasteiger partial charge in [-0.05, 0) is 49.4 Å². The first kappa shape index (κ1) is 86.1. The van der Waals surface area contributed by atoms with Crippen molar-refractivity contribution in [2.75, 3.05) is 39.6 Å². The molecule has 7 atom stereocenters. The summed E-state index contributed by atoms with van der Waals surface area (Å²) in [5.74, 6) is 0.873. The maximum Gasteiger partial charge on any atom is 0.472 e. The number of aliphatic hydroxyl groups is 1. The molecule has 0 radical (unpaired) electrons. The van der Waals surface area contributed by atoms with Crippen LogP contribution in [0.5, 0.6) is 0 Å². The van der Waals surface area contributed by atoms with Crippen molar-refractivity contribution in [1.29, 1.82) is 0 Å². The van der Waals surface area contributed by atoms with Gasteiger partial charge in [-0.1, -0.05) is 287 Å². The van der Waals surface area contributed by atoms with Crippen molar-refractivity contribution >= 4 is 39.5 Å². The molecule has 0 fully saturated rings. The van der Waals surface area contributed by atoms with Gasteiger partial charge in [0.2, 0.25) is 0 Å². The number of hydrogen-bond acceptors (Lipinski definition) is 15. The average molecular weight is 1300 g/mol. The van der Waals surface area contributed by atoms with Crippen LogP contribution in [0, 0.1) is 23.7 Å². The van der Waals surface area contributed by atoms with Crippen molar-refractivity contribution in [3.63, 3.8) is 0 Å². The summed E-state index contributed by atoms with van der Waals surface area (Å²) in [6.45, 7) is 14.1. The molecule has 0 amide bonds. The fourth-order valence-electron chi connectivity index (χ4n) is 10.2. The van der Waals surface area contributed by atoms with E-state index in [1.165, 1.54) is 141 Å². The highest BCUT2D eigenvalue weighted by Gasteiger charge is 2.30. The van der Waals surface area contributed by atoms with Crippen LogP contribution in [0.4, 0.5) is 0 Å². The van der Waals surface area contributed by atoms with Crippen LogP contribution in [-0.2, 0) is 65.4 Å². The Labute approximate surface area is 537 Å². The van der Waals surface area contributed by atoms with Crippen LogP contribution in [0.1, 0.15) is 338 Å². The SMILES string of the molecule is CCC(C)CCCCCCCCCCCCC(=O)OC[C@H](COP(=O)(O)OCC(O)COP(=O)(O)OC[C@@H](COC(=O)CCCCCCCCCCC(C)C)OC(=O)CCCCCCCCCCCCC(C)CC)OC(=O)CCCCCCCCC(C)C. The zero-order chi connectivity index (χ0) is 65.4. The van der Waals surface area contributed by atoms with Crippen LogP contribution < -0.4 is 0 Å². The number of phosphoric acid groups is 2. The third kappa shape index (κ3) is 60.3. The second kappa shape index (κ2) is 58.8. The van der Waals surface area contributed by atoms with Crippen molar-refractivity contribution in [1.82, 2.24) is 0 Å². The molecule has 0 rings (SSSR count). The van der Waals surface area contributed by atoms with Crippen LogP contribution in [0.25, 0.3) is 0 Å². The van der Waals surface area contributed by atoms with Gasteiger partial charge in [0.15, 0.2) is 12.2 Å². The van der Waals surface area contributed by atoms with Crippen molar-refractivity contribution < 1.29 is 80.2 Å². The van der Waals surface area contributed by atoms with Crippen LogP contribution in [0.15, 0.2) is 0 Å². The molecule has 0 saturated heterocycles. The van der Waals surface area contributed by atoms with E-state index in [4.69, 9.17) is 37.0 Å². The van der Waals surface area contributed by atoms with Crippen molar-refractivity contribution in [3.05, 3.63) is 0 Å². The number of carbonyl (C=O) groups excluding carboxylic acids is 4. The van der Waals surface area contributed by atoms with Gasteiger partial charge in [-0.2, -0.15) is 0 Å². The molecule has 3 N–H and O–H groups in total. The molecule has 88 heavy (non-hydrogen) atoms. The molecule has 0 aromatic rings. The highest BCUT2D eigenvalue weighted by molar-refractivity contribution is 7.47. The Hall–Kier alpha value is -1.94. The van der Waals surface area contributed by atoms with E-state index >= 15 is 0 Å². The van der Waals surface area contributed by atoms with E-state index in [0.29, 0.717) is 31.6 Å². The third-order valence-corrected chi connectivity index (χ3v) is 18.4. The Kier molecular flexibility index (Phi) is 57.6. The fraction of sp³-hybridized carbons (Fsp3) is 0.942. The standard InChI is InChI=1S/C69H134O17P2/c1-9-61(7)47-39-31-22-15-11-13-17-24-33-41-49-66(71)79-56-65(86-69(74)52-44-36-28-27-30-38-46-60(5)6)58-84-88(77,78)82-54-63(70)53-81-87(75,76)83-57-64(55-80-67(72)50-42-34-25-20-19-21-29-37-45-59(3)4)85-68(73)51-43-35-26-18-14-12-16-23-32-40-48-62(8)10-2/h59-65,70H,9-58H2,1-8H3,(H,75,76)(H,77,78)/t61?,62?,63?,64-,65-/m1/s1. The number of hydrogen-bond donors (Lipinski definition) is 3. The summed E-state index contributed by atoms with van der Waals surface area (Å²) >= 11 is 0. The van der Waals surface area contributed by atoms with Crippen LogP contribution in [0.2, 0.25) is 0 Å². The molecular formula is C69H134O17P2. The molecule has 0 aliphatic carbocycles. The number of esters is 4. The number of carbonyl (C=O) groups is 4. The highest BCUT2D eigenvalue weighted by atomic mass is 31.2. The lowest BCUT2D eigenvalue weighted by atomic mass is 9.99. The maximum atomic E-state index is 13.0. The highest BCUT2D eigenvalue weighted by Crippen LogP contribution is 2.45. The van der Waals surface area contributed by atoms with E-state index < -0.39 is 97.5 Å². The zero-order valence-electron chi connectivity index (χ0n) is 57.3. The normalized spacial score (nSPS) is 14.9. The molecule has 5 unspecified atom stereocenters. The molecule has 0 aliphatic rings. The summed E-state index contributed by atoms with van der Waals surface area (Å²) in [5, 5.41) is 10.6. The van der Waals surface area contributed by atoms with E-state index in [2.05, 4.69) is 55.4 Å². The molecule has 522 valence electrons. The molecule has 0 saturated carbocycles. The first-order valence-corrected chi connectivity index (χ1v) is 38.8. The lowest BCUT2D eigenvalue weighted by Gasteiger charge is -2.21. The van der Waals surface area contributed by atoms with E-state index in [-0.39, 0.29) is 25.7 Å². The van der Waals surface area contributed by atoms with Gasteiger partial charge in [-0.3, -0.25) is 37.3 Å². The van der Waals surface area contributed by atoms with E-state index in [1.807, 2.05) is 0 Å². The predicted octanol–water partition coefficient (Wildman–Crippen LogP) is 19.3. The fourth-order valence-corrected chi connectivity index (χ4v) is 11.8. The number of aliphatic hydroxyl groups excluding tert-OH is 1. The summed E-state index contributed by atoms with van der Waals surface area (Å²) in [6, 6.07) is 0. The van der Waals surface area contributed by atoms with Gasteiger partial charge in [0.05, 0.1) is 26.4 Å². The Morgan fingerprint density at radius 2 is 0.545 bits per heavy atom. The van der Waals surface area contributed by atoms with Crippen molar-refractivity contribution in [3.8, 4) is 0 Å². The largest absolute Gasteiger partial charge is 0.472 e. The van der Waals surface area contributed by atoms with E-state index in [0.717, 1.165) is 108 Å². The summed E-state index contributed by atoms with van der Waals surface area (Å²) < 4.78 is 68.2. The minimum Gasteiger partial charge on any atom is -0.462 e. The van der Waals surface area contributed by atoms with Crippen LogP contribution in [0.3, 0.4) is 0 Å². The summed E-state index contributed by atoms with van der Waals surface area (Å²) in [5.41, 5.74) is 0. The number of unbranched alkanes of at least 4 members (excludes halogenated alkanes) is 30. The second-order valence-electron chi connectivity index (χ2n) is 26.4. The quantitative estimate of drug-likeness (QED) is 0.0222. The first-order chi connectivity index (χ1) is 42.2. The number of rotatable bonds is 66. The summed E-state index contributed by atoms with van der Waals surface area (Å²) in [6.07, 6.45) is 40.3. The molecule has 0 aromatic carbocycles. The smallest absolute Gasteiger partial charge is 0.462 e. The van der Waals surface area contributed by atoms with Crippen LogP contribution in [-0.4, -0.2) is 96.7 Å². The molecule has 0 bridgehead atoms. The van der Waals surface area contributed by atoms with Gasteiger partial charge in [-0.25, -0.2) is 9.13 Å². The van der Waals surface area contributed by atoms with Gasteiger partial charge >= 0.3 is 39.5 Å². The molecule has 17 nitrogen and oxygen atoms in total. The zero-order valence-corrected chi connectivity index (χ0v) is 59.1. The number of ether oxygens (including phenoxy) is 4. The topological polar surface area (TPSA) is 237 Å². The minimum absolute atomic E-state index is 0.101. The number of phosphoric ester groups is 2. The van der Waals surface area contributed by atoms with Gasteiger partial charge in [0.1, 0.15) is 19.3 Å². The molecule has 19 heteroatoms. The average Bonchev–Trinajstić information content (AvgIpc) is 3.69. The monoisotopic (exact) mass is 1300 g/mol. The maximum absolute atomic E-state index is 13.0. The van der Waals surface area contributed by atoms with E-state index in [1.54, 1.807) is 0 Å².